The van der Waals surface area contributed by atoms with Crippen LogP contribution in [0.5, 0.6) is 0 Å². The van der Waals surface area contributed by atoms with Crippen LogP contribution in [0.1, 0.15) is 0 Å². The molecule has 1 fully saturated rings. The maximum absolute atomic E-state index is 12.7. The van der Waals surface area contributed by atoms with Crippen LogP contribution >= 0.6 is 0 Å². The number of halogens is 3. The van der Waals surface area contributed by atoms with Crippen molar-refractivity contribution >= 4 is 0 Å². The second-order valence-corrected chi connectivity index (χ2v) is 2.58. The Morgan fingerprint density at radius 3 is 2.17 bits per heavy atom. The van der Waals surface area contributed by atoms with Gasteiger partial charge in [-0.25, -0.2) is 13.2 Å². The lowest BCUT2D eigenvalue weighted by atomic mass is 10.0. The zero-order chi connectivity index (χ0) is 9.30. The van der Waals surface area contributed by atoms with Crippen LogP contribution in [-0.2, 0) is 4.74 Å². The van der Waals surface area contributed by atoms with E-state index in [-0.39, 0.29) is 0 Å². The van der Waals surface area contributed by atoms with Crippen molar-refractivity contribution in [2.45, 2.75) is 30.9 Å². The van der Waals surface area contributed by atoms with Crippen molar-refractivity contribution in [2.24, 2.45) is 0 Å². The van der Waals surface area contributed by atoms with Crippen LogP contribution in [0.25, 0.3) is 0 Å². The van der Waals surface area contributed by atoms with Gasteiger partial charge < -0.3 is 14.9 Å². The Bertz CT molecular complexity index is 152. The number of aliphatic hydroxyl groups excluding tert-OH is 2. The lowest BCUT2D eigenvalue weighted by Gasteiger charge is -2.33. The number of rotatable bonds is 1. The summed E-state index contributed by atoms with van der Waals surface area (Å²) in [5, 5.41) is 17.1. The van der Waals surface area contributed by atoms with Gasteiger partial charge in [-0.3, -0.25) is 0 Å². The van der Waals surface area contributed by atoms with Crippen LogP contribution in [-0.4, -0.2) is 47.7 Å². The number of alkyl halides is 3. The minimum atomic E-state index is -2.44. The smallest absolute Gasteiger partial charge is 0.189 e. The van der Waals surface area contributed by atoms with Gasteiger partial charge in [-0.1, -0.05) is 0 Å². The Morgan fingerprint density at radius 2 is 1.67 bits per heavy atom. The van der Waals surface area contributed by atoms with E-state index in [0.29, 0.717) is 0 Å². The standard InChI is InChI=1S/C6H9F3O3/c7-3-2(1-10)12-6(11)5(9)4(3)8/h2-6,10-11H,1H2/t2-,3-,4+,5-,6?/m1/s1. The molecule has 1 rings (SSSR count). The lowest BCUT2D eigenvalue weighted by molar-refractivity contribution is -0.246. The minimum absolute atomic E-state index is 0.786. The first kappa shape index (κ1) is 9.76. The number of aliphatic hydroxyl groups is 2. The fourth-order valence-electron chi connectivity index (χ4n) is 1.01. The molecule has 2 N–H and O–H groups in total. The van der Waals surface area contributed by atoms with E-state index in [1.807, 2.05) is 0 Å². The normalized spacial score (nSPS) is 49.2. The number of ether oxygens (including phenoxy) is 1. The van der Waals surface area contributed by atoms with Crippen LogP contribution in [0.2, 0.25) is 0 Å². The molecule has 0 radical (unpaired) electrons. The zero-order valence-electron chi connectivity index (χ0n) is 6.03. The van der Waals surface area contributed by atoms with Crippen molar-refractivity contribution < 1.29 is 28.1 Å². The van der Waals surface area contributed by atoms with E-state index in [9.17, 15) is 13.2 Å². The molecule has 1 saturated heterocycles. The molecule has 0 amide bonds. The summed E-state index contributed by atoms with van der Waals surface area (Å²) in [6.07, 6.45) is -10.5. The molecule has 1 unspecified atom stereocenters. The average molecular weight is 186 g/mol. The van der Waals surface area contributed by atoms with Crippen LogP contribution in [0.3, 0.4) is 0 Å². The van der Waals surface area contributed by atoms with Crippen molar-refractivity contribution in [3.8, 4) is 0 Å². The predicted molar refractivity (Wildman–Crippen MR) is 32.7 cm³/mol. The van der Waals surface area contributed by atoms with E-state index in [2.05, 4.69) is 4.74 Å². The van der Waals surface area contributed by atoms with E-state index < -0.39 is 37.5 Å². The Kier molecular flexibility index (Phi) is 2.92. The molecule has 0 bridgehead atoms. The summed E-state index contributed by atoms with van der Waals surface area (Å²) in [7, 11) is 0. The fourth-order valence-corrected chi connectivity index (χ4v) is 1.01. The molecule has 5 atom stereocenters. The topological polar surface area (TPSA) is 49.7 Å². The molecule has 1 aliphatic heterocycles. The maximum atomic E-state index is 12.7. The molecule has 0 aromatic heterocycles. The third-order valence-electron chi connectivity index (χ3n) is 1.73. The molecule has 3 nitrogen and oxygen atoms in total. The highest BCUT2D eigenvalue weighted by Crippen LogP contribution is 2.26. The SMILES string of the molecule is OC[C@H]1OC(O)[C@H](F)[C@@H](F)[C@@H]1F. The number of hydrogen-bond donors (Lipinski definition) is 2. The zero-order valence-corrected chi connectivity index (χ0v) is 6.03. The van der Waals surface area contributed by atoms with Gasteiger partial charge in [0, 0.05) is 0 Å². The van der Waals surface area contributed by atoms with E-state index in [4.69, 9.17) is 10.2 Å². The molecule has 0 aliphatic carbocycles. The second-order valence-electron chi connectivity index (χ2n) is 2.58. The van der Waals surface area contributed by atoms with E-state index >= 15 is 0 Å². The van der Waals surface area contributed by atoms with Crippen LogP contribution < -0.4 is 0 Å². The second kappa shape index (κ2) is 3.59. The molecule has 1 aliphatic rings. The predicted octanol–water partition coefficient (Wildman–Crippen LogP) is -0.290. The Morgan fingerprint density at radius 1 is 1.08 bits per heavy atom. The Labute approximate surface area is 66.8 Å². The highest BCUT2D eigenvalue weighted by atomic mass is 19.2. The Hall–Kier alpha value is -0.330. The molecular formula is C6H9F3O3. The summed E-state index contributed by atoms with van der Waals surface area (Å²) in [5.74, 6) is 0. The van der Waals surface area contributed by atoms with Gasteiger partial charge >= 0.3 is 0 Å². The highest BCUT2D eigenvalue weighted by Gasteiger charge is 2.46. The molecule has 0 aromatic rings. The van der Waals surface area contributed by atoms with Crippen LogP contribution in [0.15, 0.2) is 0 Å². The van der Waals surface area contributed by atoms with E-state index in [0.717, 1.165) is 0 Å². The summed E-state index contributed by atoms with van der Waals surface area (Å²) in [6.45, 7) is -0.786. The molecular weight excluding hydrogens is 177 g/mol. The number of hydrogen-bond acceptors (Lipinski definition) is 3. The summed E-state index contributed by atoms with van der Waals surface area (Å²) in [6, 6.07) is 0. The summed E-state index contributed by atoms with van der Waals surface area (Å²) in [4.78, 5) is 0. The highest BCUT2D eigenvalue weighted by molar-refractivity contribution is 4.89. The van der Waals surface area contributed by atoms with Crippen molar-refractivity contribution in [3.05, 3.63) is 0 Å². The average Bonchev–Trinajstić information content (AvgIpc) is 2.08. The summed E-state index contributed by atoms with van der Waals surface area (Å²) >= 11 is 0. The van der Waals surface area contributed by atoms with Gasteiger partial charge in [0.25, 0.3) is 0 Å². The third-order valence-corrected chi connectivity index (χ3v) is 1.73. The van der Waals surface area contributed by atoms with Crippen molar-refractivity contribution in [1.82, 2.24) is 0 Å². The van der Waals surface area contributed by atoms with Gasteiger partial charge in [-0.15, -0.1) is 0 Å². The molecule has 6 heteroatoms. The van der Waals surface area contributed by atoms with Crippen LogP contribution in [0, 0.1) is 0 Å². The van der Waals surface area contributed by atoms with Gasteiger partial charge in [-0.05, 0) is 0 Å². The van der Waals surface area contributed by atoms with Gasteiger partial charge in [0.2, 0.25) is 0 Å². The molecule has 12 heavy (non-hydrogen) atoms. The van der Waals surface area contributed by atoms with Crippen LogP contribution in [0.4, 0.5) is 13.2 Å². The Balaban J connectivity index is 2.63. The van der Waals surface area contributed by atoms with Crippen molar-refractivity contribution in [1.29, 1.82) is 0 Å². The van der Waals surface area contributed by atoms with Gasteiger partial charge in [-0.2, -0.15) is 0 Å². The first-order valence-electron chi connectivity index (χ1n) is 3.44. The molecule has 0 saturated carbocycles. The van der Waals surface area contributed by atoms with E-state index in [1.54, 1.807) is 0 Å². The minimum Gasteiger partial charge on any atom is -0.394 e. The fraction of sp³-hybridized carbons (Fsp3) is 1.00. The summed E-state index contributed by atoms with van der Waals surface area (Å²) in [5.41, 5.74) is 0. The lowest BCUT2D eigenvalue weighted by Crippen LogP contribution is -2.53. The summed E-state index contributed by atoms with van der Waals surface area (Å²) < 4.78 is 41.9. The van der Waals surface area contributed by atoms with Gasteiger partial charge in [0.15, 0.2) is 24.8 Å². The molecule has 0 aromatic carbocycles. The van der Waals surface area contributed by atoms with Gasteiger partial charge in [0.1, 0.15) is 6.10 Å². The molecule has 0 spiro atoms. The first-order valence-corrected chi connectivity index (χ1v) is 3.44. The molecule has 72 valence electrons. The van der Waals surface area contributed by atoms with Gasteiger partial charge in [0.05, 0.1) is 6.61 Å². The van der Waals surface area contributed by atoms with E-state index in [1.165, 1.54) is 0 Å². The van der Waals surface area contributed by atoms with Crippen molar-refractivity contribution in [2.75, 3.05) is 6.61 Å². The first-order chi connectivity index (χ1) is 5.57. The van der Waals surface area contributed by atoms with Crippen molar-refractivity contribution in [3.63, 3.8) is 0 Å². The third kappa shape index (κ3) is 1.55. The largest absolute Gasteiger partial charge is 0.394 e. The molecule has 1 heterocycles. The maximum Gasteiger partial charge on any atom is 0.189 e. The quantitative estimate of drug-likeness (QED) is 0.591. The monoisotopic (exact) mass is 186 g/mol.